The van der Waals surface area contributed by atoms with E-state index in [9.17, 15) is 9.90 Å². The Hall–Kier alpha value is -3.20. The number of thiazole rings is 1. The number of methoxy groups -OCH3 is 1. The molecule has 1 saturated heterocycles. The summed E-state index contributed by atoms with van der Waals surface area (Å²) in [6.07, 6.45) is 10.0. The minimum atomic E-state index is -0.433. The van der Waals surface area contributed by atoms with Gasteiger partial charge in [-0.05, 0) is 61.7 Å². The van der Waals surface area contributed by atoms with Crippen LogP contribution in [0.25, 0.3) is 16.8 Å². The fourth-order valence-electron chi connectivity index (χ4n) is 5.20. The molecule has 226 valence electrons. The number of carbonyl (C=O) groups excluding carboxylic acids is 1. The number of hydrogen-bond donors (Lipinski definition) is 1. The molecule has 1 aromatic heterocycles. The number of ether oxygens (including phenoxy) is 2. The van der Waals surface area contributed by atoms with Gasteiger partial charge in [0.25, 0.3) is 0 Å². The molecule has 3 heterocycles. The molecule has 0 bridgehead atoms. The molecule has 2 aromatic rings. The van der Waals surface area contributed by atoms with Crippen LogP contribution in [0.2, 0.25) is 0 Å². The van der Waals surface area contributed by atoms with Crippen molar-refractivity contribution in [3.05, 3.63) is 75.0 Å². The molecule has 0 atom stereocenters. The number of aromatic nitrogens is 1. The molecule has 0 unspecified atom stereocenters. The SMILES string of the molecule is CCC1=C(O)C(CN2CCN(C)CC2)=C2OC(=O)C(c3nc(-c4ccc(OC)cc4)cs3)=CCC2=CC1.CCCCC. The molecule has 0 spiro atoms. The van der Waals surface area contributed by atoms with Gasteiger partial charge in [-0.25, -0.2) is 9.78 Å². The highest BCUT2D eigenvalue weighted by atomic mass is 32.1. The van der Waals surface area contributed by atoms with E-state index in [4.69, 9.17) is 14.5 Å². The molecular weight excluding hydrogens is 546 g/mol. The molecule has 0 radical (unpaired) electrons. The van der Waals surface area contributed by atoms with Crippen LogP contribution in [-0.4, -0.2) is 72.7 Å². The van der Waals surface area contributed by atoms with Crippen molar-refractivity contribution in [2.45, 2.75) is 59.3 Å². The summed E-state index contributed by atoms with van der Waals surface area (Å²) in [6.45, 7) is 10.8. The van der Waals surface area contributed by atoms with Gasteiger partial charge < -0.3 is 19.5 Å². The fraction of sp³-hybridized carbons (Fsp3) is 0.471. The quantitative estimate of drug-likeness (QED) is 0.321. The van der Waals surface area contributed by atoms with Gasteiger partial charge in [-0.1, -0.05) is 52.2 Å². The van der Waals surface area contributed by atoms with E-state index in [2.05, 4.69) is 43.7 Å². The highest BCUT2D eigenvalue weighted by Crippen LogP contribution is 2.37. The van der Waals surface area contributed by atoms with Crippen LogP contribution < -0.4 is 4.74 Å². The van der Waals surface area contributed by atoms with Gasteiger partial charge in [-0.2, -0.15) is 0 Å². The van der Waals surface area contributed by atoms with Crippen LogP contribution in [0.1, 0.15) is 64.3 Å². The summed E-state index contributed by atoms with van der Waals surface area (Å²) in [5, 5.41) is 13.9. The first-order valence-corrected chi connectivity index (χ1v) is 16.0. The summed E-state index contributed by atoms with van der Waals surface area (Å²) in [6, 6.07) is 7.70. The summed E-state index contributed by atoms with van der Waals surface area (Å²) in [5.41, 5.74) is 4.85. The largest absolute Gasteiger partial charge is 0.508 e. The average molecular weight is 592 g/mol. The third-order valence-electron chi connectivity index (χ3n) is 7.95. The molecule has 3 aliphatic rings. The lowest BCUT2D eigenvalue weighted by molar-refractivity contribution is -0.132. The molecule has 1 aromatic carbocycles. The Labute approximate surface area is 254 Å². The lowest BCUT2D eigenvalue weighted by Gasteiger charge is -2.33. The van der Waals surface area contributed by atoms with Crippen molar-refractivity contribution in [3.63, 3.8) is 0 Å². The van der Waals surface area contributed by atoms with E-state index in [0.717, 1.165) is 60.8 Å². The predicted octanol–water partition coefficient (Wildman–Crippen LogP) is 7.40. The van der Waals surface area contributed by atoms with Gasteiger partial charge in [0.1, 0.15) is 22.3 Å². The topological polar surface area (TPSA) is 75.1 Å². The highest BCUT2D eigenvalue weighted by molar-refractivity contribution is 7.11. The van der Waals surface area contributed by atoms with Gasteiger partial charge in [0.2, 0.25) is 0 Å². The second kappa shape index (κ2) is 15.3. The second-order valence-corrected chi connectivity index (χ2v) is 11.8. The van der Waals surface area contributed by atoms with Crippen molar-refractivity contribution in [2.75, 3.05) is 46.9 Å². The molecule has 1 aliphatic carbocycles. The zero-order valence-electron chi connectivity index (χ0n) is 25.7. The van der Waals surface area contributed by atoms with Gasteiger partial charge in [-0.3, -0.25) is 4.90 Å². The highest BCUT2D eigenvalue weighted by Gasteiger charge is 2.30. The number of nitrogens with zero attached hydrogens (tertiary/aromatic N) is 3. The van der Waals surface area contributed by atoms with Crippen LogP contribution >= 0.6 is 11.3 Å². The number of aliphatic hydroxyl groups excluding tert-OH is 1. The number of aliphatic hydroxyl groups is 1. The fourth-order valence-corrected chi connectivity index (χ4v) is 6.06. The maximum Gasteiger partial charge on any atom is 0.346 e. The summed E-state index contributed by atoms with van der Waals surface area (Å²) in [5.74, 6) is 1.13. The van der Waals surface area contributed by atoms with Crippen LogP contribution in [-0.2, 0) is 9.53 Å². The molecule has 8 heteroatoms. The minimum absolute atomic E-state index is 0.273. The Morgan fingerprint density at radius 3 is 2.36 bits per heavy atom. The Balaban J connectivity index is 0.000000748. The summed E-state index contributed by atoms with van der Waals surface area (Å²) < 4.78 is 11.3. The Morgan fingerprint density at radius 2 is 1.74 bits per heavy atom. The lowest BCUT2D eigenvalue weighted by Crippen LogP contribution is -2.45. The Kier molecular flexibility index (Phi) is 11.6. The molecule has 1 fully saturated rings. The number of piperazine rings is 1. The van der Waals surface area contributed by atoms with Gasteiger partial charge >= 0.3 is 5.97 Å². The van der Waals surface area contributed by atoms with Crippen LogP contribution in [0.5, 0.6) is 5.75 Å². The van der Waals surface area contributed by atoms with Crippen LogP contribution in [0.4, 0.5) is 0 Å². The smallest absolute Gasteiger partial charge is 0.346 e. The monoisotopic (exact) mass is 591 g/mol. The Morgan fingerprint density at radius 1 is 1.02 bits per heavy atom. The van der Waals surface area contributed by atoms with Crippen molar-refractivity contribution >= 4 is 22.9 Å². The van der Waals surface area contributed by atoms with E-state index in [1.54, 1.807) is 7.11 Å². The minimum Gasteiger partial charge on any atom is -0.508 e. The molecule has 1 N–H and O–H groups in total. The number of hydrogen-bond acceptors (Lipinski definition) is 8. The molecule has 7 nitrogen and oxygen atoms in total. The van der Waals surface area contributed by atoms with Crippen molar-refractivity contribution in [2.24, 2.45) is 0 Å². The molecule has 0 saturated carbocycles. The maximum absolute atomic E-state index is 13.4. The van der Waals surface area contributed by atoms with Crippen LogP contribution in [0.15, 0.2) is 70.0 Å². The van der Waals surface area contributed by atoms with Crippen molar-refractivity contribution < 1.29 is 19.4 Å². The molecule has 2 aliphatic heterocycles. The number of esters is 1. The van der Waals surface area contributed by atoms with Crippen molar-refractivity contribution in [3.8, 4) is 17.0 Å². The van der Waals surface area contributed by atoms with E-state index < -0.39 is 5.97 Å². The van der Waals surface area contributed by atoms with E-state index in [1.807, 2.05) is 35.7 Å². The number of allylic oxidation sites excluding steroid dienone is 4. The molecule has 0 amide bonds. The van der Waals surface area contributed by atoms with E-state index >= 15 is 0 Å². The average Bonchev–Trinajstić information content (AvgIpc) is 3.38. The van der Waals surface area contributed by atoms with Gasteiger partial charge in [0, 0.05) is 43.7 Å². The summed E-state index contributed by atoms with van der Waals surface area (Å²) in [7, 11) is 3.76. The third kappa shape index (κ3) is 7.79. The van der Waals surface area contributed by atoms with Gasteiger partial charge in [0.15, 0.2) is 0 Å². The van der Waals surface area contributed by atoms with Gasteiger partial charge in [0.05, 0.1) is 23.9 Å². The second-order valence-electron chi connectivity index (χ2n) is 11.0. The first-order valence-electron chi connectivity index (χ1n) is 15.2. The number of benzene rings is 1. The summed E-state index contributed by atoms with van der Waals surface area (Å²) >= 11 is 1.43. The van der Waals surface area contributed by atoms with Crippen LogP contribution in [0.3, 0.4) is 0 Å². The van der Waals surface area contributed by atoms with Crippen LogP contribution in [0, 0.1) is 0 Å². The molecule has 42 heavy (non-hydrogen) atoms. The molecular formula is C34H45N3O4S. The summed E-state index contributed by atoms with van der Waals surface area (Å²) in [4.78, 5) is 22.8. The molecule has 5 rings (SSSR count). The van der Waals surface area contributed by atoms with E-state index in [1.165, 1.54) is 30.6 Å². The van der Waals surface area contributed by atoms with E-state index in [0.29, 0.717) is 41.3 Å². The predicted molar refractivity (Wildman–Crippen MR) is 172 cm³/mol. The lowest BCUT2D eigenvalue weighted by atomic mass is 10.0. The van der Waals surface area contributed by atoms with Crippen molar-refractivity contribution in [1.29, 1.82) is 0 Å². The number of carbonyl (C=O) groups is 1. The first-order chi connectivity index (χ1) is 20.4. The van der Waals surface area contributed by atoms with Gasteiger partial charge in [-0.15, -0.1) is 11.3 Å². The maximum atomic E-state index is 13.4. The van der Waals surface area contributed by atoms with Crippen molar-refractivity contribution in [1.82, 2.24) is 14.8 Å². The Bertz CT molecular complexity index is 1340. The number of unbranched alkanes of at least 4 members (excludes halogenated alkanes) is 2. The zero-order valence-corrected chi connectivity index (χ0v) is 26.6. The number of rotatable bonds is 8. The zero-order chi connectivity index (χ0) is 30.1. The third-order valence-corrected chi connectivity index (χ3v) is 8.83. The normalized spacial score (nSPS) is 18.3. The number of fused-ring (bicyclic) bond motifs is 1. The first kappa shape index (κ1) is 31.7. The van der Waals surface area contributed by atoms with E-state index in [-0.39, 0.29) is 5.76 Å². The standard InChI is InChI=1S/C29H33N3O4S.C5H12/c1-4-19-5-6-21-9-12-23(28-30-25(18-37-28)20-7-10-22(35-3)11-8-20)29(34)36-27(21)24(26(19)33)17-32-15-13-31(2)14-16-32;1-3-5-4-2/h6-8,10-12,18,33H,4-5,9,13-17H2,1-3H3;3-5H2,1-2H3. The number of likely N-dealkylation sites (N-methyl/N-ethyl adjacent to an activating group) is 1.